The lowest BCUT2D eigenvalue weighted by atomic mass is 9.86. The minimum absolute atomic E-state index is 0.0183. The van der Waals surface area contributed by atoms with Crippen LogP contribution in [0.25, 0.3) is 0 Å². The second-order valence-corrected chi connectivity index (χ2v) is 6.35. The van der Waals surface area contributed by atoms with Crippen LogP contribution in [-0.2, 0) is 11.3 Å². The van der Waals surface area contributed by atoms with Crippen molar-refractivity contribution in [3.63, 3.8) is 0 Å². The molecule has 0 aromatic heterocycles. The van der Waals surface area contributed by atoms with Gasteiger partial charge in [-0.05, 0) is 24.2 Å². The molecule has 1 aromatic rings. The Bertz CT molecular complexity index is 490. The number of nitrogens with zero attached hydrogens (tertiary/aromatic N) is 2. The zero-order valence-electron chi connectivity index (χ0n) is 13.7. The van der Waals surface area contributed by atoms with E-state index < -0.39 is 0 Å². The molecule has 0 aliphatic carbocycles. The number of aliphatic hydroxyl groups is 1. The van der Waals surface area contributed by atoms with E-state index in [0.717, 1.165) is 19.6 Å². The van der Waals surface area contributed by atoms with E-state index in [9.17, 15) is 9.90 Å². The van der Waals surface area contributed by atoms with Crippen LogP contribution in [0.4, 0.5) is 0 Å². The monoisotopic (exact) mass is 306 g/mol. The van der Waals surface area contributed by atoms with Crippen LogP contribution in [0.1, 0.15) is 22.8 Å². The molecule has 5 heteroatoms. The van der Waals surface area contributed by atoms with Crippen molar-refractivity contribution in [3.05, 3.63) is 35.4 Å². The topological polar surface area (TPSA) is 53.0 Å². The number of rotatable bonds is 7. The Kier molecular flexibility index (Phi) is 5.56. The third-order valence-electron chi connectivity index (χ3n) is 4.17. The van der Waals surface area contributed by atoms with E-state index in [1.165, 1.54) is 5.56 Å². The molecular formula is C17H26N2O3. The summed E-state index contributed by atoms with van der Waals surface area (Å²) in [5.41, 5.74) is 1.78. The minimum atomic E-state index is -0.100. The summed E-state index contributed by atoms with van der Waals surface area (Å²) in [7, 11) is 3.51. The fourth-order valence-corrected chi connectivity index (χ4v) is 2.65. The van der Waals surface area contributed by atoms with E-state index in [1.807, 2.05) is 24.3 Å². The fourth-order valence-electron chi connectivity index (χ4n) is 2.65. The molecule has 1 aliphatic rings. The van der Waals surface area contributed by atoms with Crippen molar-refractivity contribution in [2.75, 3.05) is 47.0 Å². The Balaban J connectivity index is 1.97. The van der Waals surface area contributed by atoms with Gasteiger partial charge in [0.05, 0.1) is 25.2 Å². The van der Waals surface area contributed by atoms with E-state index in [2.05, 4.69) is 11.8 Å². The van der Waals surface area contributed by atoms with Crippen LogP contribution < -0.4 is 0 Å². The minimum Gasteiger partial charge on any atom is -0.396 e. The largest absolute Gasteiger partial charge is 0.396 e. The van der Waals surface area contributed by atoms with Gasteiger partial charge in [-0.3, -0.25) is 9.69 Å². The van der Waals surface area contributed by atoms with Crippen LogP contribution in [0.5, 0.6) is 0 Å². The van der Waals surface area contributed by atoms with E-state index in [-0.39, 0.29) is 17.9 Å². The first-order valence-electron chi connectivity index (χ1n) is 7.71. The summed E-state index contributed by atoms with van der Waals surface area (Å²) >= 11 is 0. The van der Waals surface area contributed by atoms with Gasteiger partial charge in [0.15, 0.2) is 0 Å². The average molecular weight is 306 g/mol. The summed E-state index contributed by atoms with van der Waals surface area (Å²) in [6.45, 7) is 6.12. The average Bonchev–Trinajstić information content (AvgIpc) is 2.49. The standard InChI is InChI=1S/C17H26N2O3/c1-4-19(10-17(11-20)12-22-13-17)9-14-5-7-15(8-6-14)16(21)18(2)3/h5-8,20H,4,9-13H2,1-3H3. The Morgan fingerprint density at radius 2 is 1.91 bits per heavy atom. The number of benzene rings is 1. The number of carbonyl (C=O) groups is 1. The van der Waals surface area contributed by atoms with Gasteiger partial charge < -0.3 is 14.7 Å². The highest BCUT2D eigenvalue weighted by molar-refractivity contribution is 5.93. The highest BCUT2D eigenvalue weighted by Gasteiger charge is 2.39. The normalized spacial score (nSPS) is 16.4. The van der Waals surface area contributed by atoms with Crippen molar-refractivity contribution in [2.24, 2.45) is 5.41 Å². The van der Waals surface area contributed by atoms with Crippen LogP contribution in [0.3, 0.4) is 0 Å². The summed E-state index contributed by atoms with van der Waals surface area (Å²) in [5.74, 6) is 0.0183. The molecule has 1 saturated heterocycles. The van der Waals surface area contributed by atoms with Crippen LogP contribution in [0, 0.1) is 5.41 Å². The molecule has 122 valence electrons. The Morgan fingerprint density at radius 1 is 1.27 bits per heavy atom. The highest BCUT2D eigenvalue weighted by atomic mass is 16.5. The maximum atomic E-state index is 11.9. The predicted octanol–water partition coefficient (Wildman–Crippen LogP) is 1.22. The molecule has 0 spiro atoms. The van der Waals surface area contributed by atoms with Crippen molar-refractivity contribution >= 4 is 5.91 Å². The molecule has 1 fully saturated rings. The number of aliphatic hydroxyl groups excluding tert-OH is 1. The zero-order chi connectivity index (χ0) is 16.2. The predicted molar refractivity (Wildman–Crippen MR) is 85.7 cm³/mol. The smallest absolute Gasteiger partial charge is 0.253 e. The summed E-state index contributed by atoms with van der Waals surface area (Å²) in [6, 6.07) is 7.75. The molecule has 22 heavy (non-hydrogen) atoms. The summed E-state index contributed by atoms with van der Waals surface area (Å²) in [4.78, 5) is 15.8. The van der Waals surface area contributed by atoms with Gasteiger partial charge in [0, 0.05) is 32.7 Å². The third-order valence-corrected chi connectivity index (χ3v) is 4.17. The van der Waals surface area contributed by atoms with Gasteiger partial charge in [0.2, 0.25) is 0 Å². The van der Waals surface area contributed by atoms with Crippen LogP contribution in [-0.4, -0.2) is 67.8 Å². The summed E-state index contributed by atoms with van der Waals surface area (Å²) in [5, 5.41) is 9.55. The molecule has 0 atom stereocenters. The number of ether oxygens (including phenoxy) is 1. The van der Waals surface area contributed by atoms with E-state index >= 15 is 0 Å². The Hall–Kier alpha value is -1.43. The maximum Gasteiger partial charge on any atom is 0.253 e. The van der Waals surface area contributed by atoms with Gasteiger partial charge in [-0.1, -0.05) is 19.1 Å². The molecule has 1 N–H and O–H groups in total. The summed E-state index contributed by atoms with van der Waals surface area (Å²) < 4.78 is 5.26. The van der Waals surface area contributed by atoms with Crippen molar-refractivity contribution in [1.82, 2.24) is 9.80 Å². The Labute approximate surface area is 132 Å². The first-order chi connectivity index (χ1) is 10.5. The first kappa shape index (κ1) is 16.9. The van der Waals surface area contributed by atoms with Crippen molar-refractivity contribution in [3.8, 4) is 0 Å². The molecule has 1 amide bonds. The molecule has 0 unspecified atom stereocenters. The molecule has 2 rings (SSSR count). The van der Waals surface area contributed by atoms with E-state index in [4.69, 9.17) is 4.74 Å². The Morgan fingerprint density at radius 3 is 2.32 bits per heavy atom. The van der Waals surface area contributed by atoms with E-state index in [1.54, 1.807) is 19.0 Å². The quantitative estimate of drug-likeness (QED) is 0.823. The number of carbonyl (C=O) groups excluding carboxylic acids is 1. The lowest BCUT2D eigenvalue weighted by Crippen LogP contribution is -2.53. The van der Waals surface area contributed by atoms with Gasteiger partial charge in [-0.2, -0.15) is 0 Å². The molecule has 0 bridgehead atoms. The van der Waals surface area contributed by atoms with Gasteiger partial charge >= 0.3 is 0 Å². The van der Waals surface area contributed by atoms with Gasteiger partial charge in [-0.25, -0.2) is 0 Å². The second-order valence-electron chi connectivity index (χ2n) is 6.35. The first-order valence-corrected chi connectivity index (χ1v) is 7.71. The van der Waals surface area contributed by atoms with E-state index in [0.29, 0.717) is 18.8 Å². The lowest BCUT2D eigenvalue weighted by molar-refractivity contribution is -0.148. The van der Waals surface area contributed by atoms with Crippen LogP contribution >= 0.6 is 0 Å². The SMILES string of the molecule is CCN(Cc1ccc(C(=O)N(C)C)cc1)CC1(CO)COC1. The van der Waals surface area contributed by atoms with Gasteiger partial charge in [-0.15, -0.1) is 0 Å². The highest BCUT2D eigenvalue weighted by Crippen LogP contribution is 2.28. The van der Waals surface area contributed by atoms with Crippen molar-refractivity contribution in [2.45, 2.75) is 13.5 Å². The fraction of sp³-hybridized carbons (Fsp3) is 0.588. The van der Waals surface area contributed by atoms with Crippen molar-refractivity contribution in [1.29, 1.82) is 0 Å². The molecule has 0 saturated carbocycles. The van der Waals surface area contributed by atoms with Gasteiger partial charge in [0.25, 0.3) is 5.91 Å². The van der Waals surface area contributed by atoms with Crippen LogP contribution in [0.15, 0.2) is 24.3 Å². The number of hydrogen-bond donors (Lipinski definition) is 1. The molecular weight excluding hydrogens is 280 g/mol. The second kappa shape index (κ2) is 7.22. The lowest BCUT2D eigenvalue weighted by Gasteiger charge is -2.43. The molecule has 0 radical (unpaired) electrons. The molecule has 1 aliphatic heterocycles. The zero-order valence-corrected chi connectivity index (χ0v) is 13.7. The third kappa shape index (κ3) is 3.85. The molecule has 1 heterocycles. The van der Waals surface area contributed by atoms with Gasteiger partial charge in [0.1, 0.15) is 0 Å². The molecule has 5 nitrogen and oxygen atoms in total. The number of hydrogen-bond acceptors (Lipinski definition) is 4. The maximum absolute atomic E-state index is 11.9. The van der Waals surface area contributed by atoms with Crippen LogP contribution in [0.2, 0.25) is 0 Å². The summed E-state index contributed by atoms with van der Waals surface area (Å²) in [6.07, 6.45) is 0. The number of amides is 1. The van der Waals surface area contributed by atoms with Crippen molar-refractivity contribution < 1.29 is 14.6 Å². The molecule has 1 aromatic carbocycles.